The number of ether oxygens (including phenoxy) is 2. The predicted molar refractivity (Wildman–Crippen MR) is 124 cm³/mol. The summed E-state index contributed by atoms with van der Waals surface area (Å²) in [4.78, 5) is 40.3. The van der Waals surface area contributed by atoms with Crippen molar-refractivity contribution < 1.29 is 23.9 Å². The second-order valence-corrected chi connectivity index (χ2v) is 9.17. The highest BCUT2D eigenvalue weighted by Gasteiger charge is 2.39. The number of benzene rings is 2. The van der Waals surface area contributed by atoms with Gasteiger partial charge in [0, 0.05) is 13.0 Å². The molecule has 0 saturated carbocycles. The van der Waals surface area contributed by atoms with Crippen LogP contribution in [0.25, 0.3) is 0 Å². The summed E-state index contributed by atoms with van der Waals surface area (Å²) in [5.41, 5.74) is 1.09. The molecule has 0 unspecified atom stereocenters. The van der Waals surface area contributed by atoms with Crippen LogP contribution >= 0.6 is 0 Å². The molecule has 33 heavy (non-hydrogen) atoms. The lowest BCUT2D eigenvalue weighted by atomic mass is 10.0. The Balaban J connectivity index is 1.70. The van der Waals surface area contributed by atoms with Crippen molar-refractivity contribution in [3.63, 3.8) is 0 Å². The average Bonchev–Trinajstić information content (AvgIpc) is 3.27. The van der Waals surface area contributed by atoms with Crippen molar-refractivity contribution in [3.8, 4) is 0 Å². The SMILES string of the molecule is CC(C)(C)OC(=O)N[C@@H](Cc1ccccc1)C(=O)N1CCC[C@@H]1C(=O)OCc1ccccc1. The van der Waals surface area contributed by atoms with Gasteiger partial charge < -0.3 is 19.7 Å². The Bertz CT molecular complexity index is 940. The van der Waals surface area contributed by atoms with Crippen LogP contribution in [0.15, 0.2) is 60.7 Å². The zero-order valence-electron chi connectivity index (χ0n) is 19.5. The first-order valence-electron chi connectivity index (χ1n) is 11.3. The molecule has 3 rings (SSSR count). The van der Waals surface area contributed by atoms with Gasteiger partial charge >= 0.3 is 12.1 Å². The molecule has 0 radical (unpaired) electrons. The molecule has 1 aliphatic rings. The van der Waals surface area contributed by atoms with Gasteiger partial charge in [0.1, 0.15) is 24.3 Å². The third-order valence-corrected chi connectivity index (χ3v) is 5.30. The van der Waals surface area contributed by atoms with Crippen LogP contribution in [-0.2, 0) is 32.1 Å². The van der Waals surface area contributed by atoms with Gasteiger partial charge in [-0.3, -0.25) is 4.79 Å². The van der Waals surface area contributed by atoms with Crippen LogP contribution in [0.1, 0.15) is 44.7 Å². The molecule has 1 heterocycles. The van der Waals surface area contributed by atoms with Crippen LogP contribution in [-0.4, -0.2) is 47.1 Å². The molecule has 2 aromatic rings. The van der Waals surface area contributed by atoms with Gasteiger partial charge in [-0.25, -0.2) is 9.59 Å². The van der Waals surface area contributed by atoms with Crippen molar-refractivity contribution >= 4 is 18.0 Å². The topological polar surface area (TPSA) is 84.9 Å². The predicted octanol–water partition coefficient (Wildman–Crippen LogP) is 3.86. The van der Waals surface area contributed by atoms with E-state index in [1.165, 1.54) is 4.90 Å². The molecule has 1 saturated heterocycles. The first-order chi connectivity index (χ1) is 15.7. The van der Waals surface area contributed by atoms with Crippen molar-refractivity contribution in [3.05, 3.63) is 71.8 Å². The first-order valence-corrected chi connectivity index (χ1v) is 11.3. The largest absolute Gasteiger partial charge is 0.459 e. The lowest BCUT2D eigenvalue weighted by Crippen LogP contribution is -2.53. The third kappa shape index (κ3) is 7.34. The minimum absolute atomic E-state index is 0.155. The average molecular weight is 453 g/mol. The number of esters is 1. The lowest BCUT2D eigenvalue weighted by molar-refractivity contribution is -0.155. The maximum Gasteiger partial charge on any atom is 0.408 e. The van der Waals surface area contributed by atoms with E-state index in [0.717, 1.165) is 11.1 Å². The number of hydrogen-bond donors (Lipinski definition) is 1. The number of nitrogens with zero attached hydrogens (tertiary/aromatic N) is 1. The second kappa shape index (κ2) is 11.0. The quantitative estimate of drug-likeness (QED) is 0.645. The highest BCUT2D eigenvalue weighted by molar-refractivity contribution is 5.90. The maximum atomic E-state index is 13.5. The van der Waals surface area contributed by atoms with E-state index in [9.17, 15) is 14.4 Å². The molecule has 2 atom stereocenters. The standard InChI is InChI=1S/C26H32N2O5/c1-26(2,3)33-25(31)27-21(17-19-11-6-4-7-12-19)23(29)28-16-10-15-22(28)24(30)32-18-20-13-8-5-9-14-20/h4-9,11-14,21-22H,10,15-18H2,1-3H3,(H,27,31)/t21-,22+/m0/s1. The summed E-state index contributed by atoms with van der Waals surface area (Å²) < 4.78 is 10.9. The molecule has 176 valence electrons. The van der Waals surface area contributed by atoms with E-state index in [-0.39, 0.29) is 12.5 Å². The fourth-order valence-electron chi connectivity index (χ4n) is 3.80. The molecule has 7 nitrogen and oxygen atoms in total. The minimum Gasteiger partial charge on any atom is -0.459 e. The van der Waals surface area contributed by atoms with Gasteiger partial charge in [0.05, 0.1) is 0 Å². The van der Waals surface area contributed by atoms with Crippen molar-refractivity contribution in [1.29, 1.82) is 0 Å². The highest BCUT2D eigenvalue weighted by atomic mass is 16.6. The summed E-state index contributed by atoms with van der Waals surface area (Å²) in [6.07, 6.45) is 0.853. The van der Waals surface area contributed by atoms with E-state index in [1.54, 1.807) is 20.8 Å². The summed E-state index contributed by atoms with van der Waals surface area (Å²) in [6, 6.07) is 17.3. The molecule has 2 aromatic carbocycles. The molecule has 2 amide bonds. The van der Waals surface area contributed by atoms with E-state index in [4.69, 9.17) is 9.47 Å². The molecule has 0 aromatic heterocycles. The van der Waals surface area contributed by atoms with Crippen molar-refractivity contribution in [2.24, 2.45) is 0 Å². The van der Waals surface area contributed by atoms with E-state index < -0.39 is 29.7 Å². The van der Waals surface area contributed by atoms with Gasteiger partial charge in [-0.2, -0.15) is 0 Å². The smallest absolute Gasteiger partial charge is 0.408 e. The van der Waals surface area contributed by atoms with Crippen molar-refractivity contribution in [2.45, 2.75) is 64.3 Å². The van der Waals surface area contributed by atoms with Gasteiger partial charge in [-0.1, -0.05) is 60.7 Å². The molecule has 0 aliphatic carbocycles. The number of nitrogens with one attached hydrogen (secondary N) is 1. The Morgan fingerprint density at radius 1 is 1.00 bits per heavy atom. The number of alkyl carbamates (subject to hydrolysis) is 1. The summed E-state index contributed by atoms with van der Waals surface area (Å²) >= 11 is 0. The number of carbonyl (C=O) groups is 3. The van der Waals surface area contributed by atoms with Crippen molar-refractivity contribution in [1.82, 2.24) is 10.2 Å². The fraction of sp³-hybridized carbons (Fsp3) is 0.423. The Morgan fingerprint density at radius 3 is 2.21 bits per heavy atom. The van der Waals surface area contributed by atoms with Crippen LogP contribution in [0.5, 0.6) is 0 Å². The van der Waals surface area contributed by atoms with Crippen molar-refractivity contribution in [2.75, 3.05) is 6.54 Å². The maximum absolute atomic E-state index is 13.5. The van der Waals surface area contributed by atoms with Crippen LogP contribution < -0.4 is 5.32 Å². The monoisotopic (exact) mass is 452 g/mol. The van der Waals surface area contributed by atoms with Gasteiger partial charge in [-0.05, 0) is 44.7 Å². The van der Waals surface area contributed by atoms with Crippen LogP contribution in [0.2, 0.25) is 0 Å². The fourth-order valence-corrected chi connectivity index (χ4v) is 3.80. The summed E-state index contributed by atoms with van der Waals surface area (Å²) in [5.74, 6) is -0.746. The number of carbonyl (C=O) groups excluding carboxylic acids is 3. The zero-order valence-corrected chi connectivity index (χ0v) is 19.5. The Morgan fingerprint density at radius 2 is 1.61 bits per heavy atom. The van der Waals surface area contributed by atoms with E-state index >= 15 is 0 Å². The van der Waals surface area contributed by atoms with Gasteiger partial charge in [-0.15, -0.1) is 0 Å². The summed E-state index contributed by atoms with van der Waals surface area (Å²) in [6.45, 7) is 5.88. The van der Waals surface area contributed by atoms with E-state index in [2.05, 4.69) is 5.32 Å². The van der Waals surface area contributed by atoms with Crippen LogP contribution in [0, 0.1) is 0 Å². The molecule has 1 fully saturated rings. The Labute approximate surface area is 195 Å². The Kier molecular flexibility index (Phi) is 8.09. The first kappa shape index (κ1) is 24.3. The molecular weight excluding hydrogens is 420 g/mol. The molecule has 0 bridgehead atoms. The van der Waals surface area contributed by atoms with Gasteiger partial charge in [0.15, 0.2) is 0 Å². The third-order valence-electron chi connectivity index (χ3n) is 5.30. The number of amides is 2. The molecule has 1 aliphatic heterocycles. The number of rotatable bonds is 7. The number of hydrogen-bond acceptors (Lipinski definition) is 5. The normalized spacial score (nSPS) is 16.7. The molecule has 7 heteroatoms. The molecule has 0 spiro atoms. The zero-order chi connectivity index (χ0) is 23.8. The minimum atomic E-state index is -0.857. The van der Waals surface area contributed by atoms with Gasteiger partial charge in [0.2, 0.25) is 5.91 Å². The highest BCUT2D eigenvalue weighted by Crippen LogP contribution is 2.21. The summed E-state index contributed by atoms with van der Waals surface area (Å²) in [5, 5.41) is 2.71. The van der Waals surface area contributed by atoms with Gasteiger partial charge in [0.25, 0.3) is 0 Å². The second-order valence-electron chi connectivity index (χ2n) is 9.17. The number of likely N-dealkylation sites (tertiary alicyclic amines) is 1. The van der Waals surface area contributed by atoms with E-state index in [1.807, 2.05) is 60.7 Å². The lowest BCUT2D eigenvalue weighted by Gasteiger charge is -2.29. The Hall–Kier alpha value is -3.35. The summed E-state index contributed by atoms with van der Waals surface area (Å²) in [7, 11) is 0. The van der Waals surface area contributed by atoms with Crippen LogP contribution in [0.4, 0.5) is 4.79 Å². The molecule has 1 N–H and O–H groups in total. The van der Waals surface area contributed by atoms with E-state index in [0.29, 0.717) is 25.8 Å². The van der Waals surface area contributed by atoms with Crippen LogP contribution in [0.3, 0.4) is 0 Å². The molecular formula is C26H32N2O5.